The molecule has 116 valence electrons. The summed E-state index contributed by atoms with van der Waals surface area (Å²) in [5.74, 6) is -0.184. The zero-order chi connectivity index (χ0) is 16.4. The summed E-state index contributed by atoms with van der Waals surface area (Å²) in [7, 11) is 0. The lowest BCUT2D eigenvalue weighted by molar-refractivity contribution is -0.115. The number of thioether (sulfide) groups is 1. The molecule has 7 heteroatoms. The van der Waals surface area contributed by atoms with E-state index in [9.17, 15) is 4.79 Å². The molecular formula is C16H13BrN4OS. The van der Waals surface area contributed by atoms with Crippen molar-refractivity contribution < 1.29 is 4.79 Å². The van der Waals surface area contributed by atoms with E-state index in [2.05, 4.69) is 26.2 Å². The molecule has 2 aromatic carbocycles. The number of benzene rings is 2. The molecule has 0 aromatic heterocycles. The first kappa shape index (κ1) is 15.6. The Kier molecular flexibility index (Phi) is 4.40. The van der Waals surface area contributed by atoms with Gasteiger partial charge in [0.1, 0.15) is 0 Å². The van der Waals surface area contributed by atoms with Gasteiger partial charge in [0.05, 0.1) is 22.0 Å². The number of carbonyl (C=O) groups excluding carboxylic acids is 1. The summed E-state index contributed by atoms with van der Waals surface area (Å²) in [5, 5.41) is 3.29. The van der Waals surface area contributed by atoms with Crippen LogP contribution in [-0.2, 0) is 4.79 Å². The zero-order valence-electron chi connectivity index (χ0n) is 11.9. The van der Waals surface area contributed by atoms with Gasteiger partial charge in [-0.25, -0.2) is 4.99 Å². The number of nitrogen functional groups attached to an aromatic ring is 2. The van der Waals surface area contributed by atoms with E-state index in [4.69, 9.17) is 11.5 Å². The number of para-hydroxylation sites is 1. The highest BCUT2D eigenvalue weighted by atomic mass is 79.9. The van der Waals surface area contributed by atoms with Crippen molar-refractivity contribution in [3.8, 4) is 0 Å². The third-order valence-corrected chi connectivity index (χ3v) is 4.71. The molecule has 3 rings (SSSR count). The average Bonchev–Trinajstić information content (AvgIpc) is 2.85. The number of amides is 1. The van der Waals surface area contributed by atoms with Crippen LogP contribution in [0.25, 0.3) is 6.08 Å². The minimum atomic E-state index is -0.184. The summed E-state index contributed by atoms with van der Waals surface area (Å²) < 4.78 is 0.867. The Morgan fingerprint density at radius 1 is 1.13 bits per heavy atom. The molecule has 1 aliphatic heterocycles. The minimum absolute atomic E-state index is 0.184. The number of nitrogens with one attached hydrogen (secondary N) is 1. The van der Waals surface area contributed by atoms with Crippen LogP contribution in [0.4, 0.5) is 17.1 Å². The zero-order valence-corrected chi connectivity index (χ0v) is 14.3. The summed E-state index contributed by atoms with van der Waals surface area (Å²) >= 11 is 4.72. The Morgan fingerprint density at radius 2 is 1.91 bits per heavy atom. The topological polar surface area (TPSA) is 93.5 Å². The number of hydrogen-bond donors (Lipinski definition) is 3. The highest BCUT2D eigenvalue weighted by Gasteiger charge is 2.24. The number of amidine groups is 1. The summed E-state index contributed by atoms with van der Waals surface area (Å²) in [6.07, 6.45) is 1.76. The molecule has 1 saturated heterocycles. The van der Waals surface area contributed by atoms with Crippen LogP contribution < -0.4 is 16.8 Å². The van der Waals surface area contributed by atoms with Crippen LogP contribution in [-0.4, -0.2) is 11.1 Å². The molecule has 0 spiro atoms. The Bertz CT molecular complexity index is 848. The molecule has 1 fully saturated rings. The maximum Gasteiger partial charge on any atom is 0.264 e. The first-order valence-electron chi connectivity index (χ1n) is 6.72. The maximum atomic E-state index is 12.1. The molecule has 0 radical (unpaired) electrons. The van der Waals surface area contributed by atoms with E-state index in [1.54, 1.807) is 18.2 Å². The van der Waals surface area contributed by atoms with Gasteiger partial charge < -0.3 is 16.8 Å². The van der Waals surface area contributed by atoms with Crippen LogP contribution in [0.1, 0.15) is 5.56 Å². The number of aliphatic imine (C=N–C) groups is 1. The summed E-state index contributed by atoms with van der Waals surface area (Å²) in [6.45, 7) is 0. The number of nitrogens with zero attached hydrogens (tertiary/aromatic N) is 1. The molecule has 0 aliphatic carbocycles. The number of halogens is 1. The lowest BCUT2D eigenvalue weighted by Gasteiger charge is -2.01. The second-order valence-corrected chi connectivity index (χ2v) is 6.71. The van der Waals surface area contributed by atoms with Gasteiger partial charge in [-0.3, -0.25) is 4.79 Å². The minimum Gasteiger partial charge on any atom is -0.397 e. The normalized spacial score (nSPS) is 17.7. The van der Waals surface area contributed by atoms with E-state index >= 15 is 0 Å². The Morgan fingerprint density at radius 3 is 2.65 bits per heavy atom. The van der Waals surface area contributed by atoms with Gasteiger partial charge in [0.15, 0.2) is 5.17 Å². The van der Waals surface area contributed by atoms with Crippen molar-refractivity contribution in [3.63, 3.8) is 0 Å². The second-order valence-electron chi connectivity index (χ2n) is 4.82. The summed E-state index contributed by atoms with van der Waals surface area (Å²) in [6, 6.07) is 12.8. The van der Waals surface area contributed by atoms with Gasteiger partial charge in [-0.2, -0.15) is 0 Å². The van der Waals surface area contributed by atoms with Crippen LogP contribution in [0.3, 0.4) is 0 Å². The number of hydrogen-bond acceptors (Lipinski definition) is 5. The van der Waals surface area contributed by atoms with Crippen molar-refractivity contribution in [2.75, 3.05) is 11.5 Å². The van der Waals surface area contributed by atoms with Gasteiger partial charge in [0.2, 0.25) is 0 Å². The number of anilines is 2. The van der Waals surface area contributed by atoms with Gasteiger partial charge in [0.25, 0.3) is 5.91 Å². The van der Waals surface area contributed by atoms with Crippen molar-refractivity contribution in [2.24, 2.45) is 4.99 Å². The van der Waals surface area contributed by atoms with E-state index in [0.717, 1.165) is 15.7 Å². The van der Waals surface area contributed by atoms with Gasteiger partial charge in [-0.05, 0) is 63.6 Å². The highest BCUT2D eigenvalue weighted by Crippen LogP contribution is 2.31. The molecule has 23 heavy (non-hydrogen) atoms. The fourth-order valence-electron chi connectivity index (χ4n) is 1.97. The molecule has 1 amide bonds. The van der Waals surface area contributed by atoms with E-state index in [1.807, 2.05) is 30.3 Å². The molecule has 2 aromatic rings. The predicted octanol–water partition coefficient (Wildman–Crippen LogP) is 3.51. The van der Waals surface area contributed by atoms with Crippen molar-refractivity contribution in [3.05, 3.63) is 57.4 Å². The SMILES string of the molecule is Nc1ccc(/C=C2/SC(=Nc3ccccc3Br)NC2=O)cc1N. The molecule has 0 unspecified atom stereocenters. The molecular weight excluding hydrogens is 376 g/mol. The van der Waals surface area contributed by atoms with Crippen LogP contribution in [0.2, 0.25) is 0 Å². The van der Waals surface area contributed by atoms with Crippen LogP contribution in [0.15, 0.2) is 56.8 Å². The third kappa shape index (κ3) is 3.57. The second kappa shape index (κ2) is 6.47. The summed E-state index contributed by atoms with van der Waals surface area (Å²) in [4.78, 5) is 17.1. The number of nitrogens with two attached hydrogens (primary N) is 2. The fourth-order valence-corrected chi connectivity index (χ4v) is 3.17. The van der Waals surface area contributed by atoms with E-state index in [0.29, 0.717) is 21.4 Å². The molecule has 1 heterocycles. The predicted molar refractivity (Wildman–Crippen MR) is 100 cm³/mol. The Balaban J connectivity index is 1.86. The molecule has 5 nitrogen and oxygen atoms in total. The molecule has 0 bridgehead atoms. The maximum absolute atomic E-state index is 12.1. The van der Waals surface area contributed by atoms with Crippen molar-refractivity contribution in [1.29, 1.82) is 0 Å². The fraction of sp³-hybridized carbons (Fsp3) is 0. The van der Waals surface area contributed by atoms with Gasteiger partial charge in [0, 0.05) is 4.47 Å². The quantitative estimate of drug-likeness (QED) is 0.541. The van der Waals surface area contributed by atoms with Crippen molar-refractivity contribution >= 4 is 61.9 Å². The van der Waals surface area contributed by atoms with Crippen LogP contribution in [0, 0.1) is 0 Å². The molecule has 5 N–H and O–H groups in total. The standard InChI is InChI=1S/C16H13BrN4OS/c17-10-3-1-2-4-13(10)20-16-21-15(22)14(23-16)8-9-5-6-11(18)12(19)7-9/h1-8H,18-19H2,(H,20,21,22)/b14-8+. The molecule has 0 saturated carbocycles. The van der Waals surface area contributed by atoms with Crippen LogP contribution >= 0.6 is 27.7 Å². The number of carbonyl (C=O) groups is 1. The van der Waals surface area contributed by atoms with E-state index in [-0.39, 0.29) is 5.91 Å². The third-order valence-electron chi connectivity index (χ3n) is 3.13. The van der Waals surface area contributed by atoms with Crippen molar-refractivity contribution in [1.82, 2.24) is 5.32 Å². The Labute approximate surface area is 146 Å². The lowest BCUT2D eigenvalue weighted by Crippen LogP contribution is -2.19. The van der Waals surface area contributed by atoms with E-state index in [1.165, 1.54) is 11.8 Å². The summed E-state index contributed by atoms with van der Waals surface area (Å²) in [5.41, 5.74) is 14.1. The van der Waals surface area contributed by atoms with Gasteiger partial charge in [-0.1, -0.05) is 18.2 Å². The average molecular weight is 389 g/mol. The van der Waals surface area contributed by atoms with Gasteiger partial charge in [-0.15, -0.1) is 0 Å². The highest BCUT2D eigenvalue weighted by molar-refractivity contribution is 9.10. The van der Waals surface area contributed by atoms with Crippen LogP contribution in [0.5, 0.6) is 0 Å². The largest absolute Gasteiger partial charge is 0.397 e. The molecule has 0 atom stereocenters. The first-order chi connectivity index (χ1) is 11.0. The smallest absolute Gasteiger partial charge is 0.264 e. The van der Waals surface area contributed by atoms with Crippen molar-refractivity contribution in [2.45, 2.75) is 0 Å². The lowest BCUT2D eigenvalue weighted by atomic mass is 10.1. The monoisotopic (exact) mass is 388 g/mol. The van der Waals surface area contributed by atoms with Gasteiger partial charge >= 0.3 is 0 Å². The first-order valence-corrected chi connectivity index (χ1v) is 8.33. The molecule has 1 aliphatic rings. The Hall–Kier alpha value is -2.25. The van der Waals surface area contributed by atoms with E-state index < -0.39 is 0 Å². The number of rotatable bonds is 2.